The standard InChI is InChI=1S/C20H23N3O5S/c1-27-15-6-4-5-14(11-15)18(23-9-2-3-10-23)13-21-29(25,26)16-7-8-19-17(12-16)22-20(24)28-19/h4-8,11-12,18,21H,2-3,9-10,13H2,1H3,(H,22,24)/t18-/m1/s1. The van der Waals surface area contributed by atoms with Gasteiger partial charge in [-0.1, -0.05) is 12.1 Å². The van der Waals surface area contributed by atoms with Gasteiger partial charge in [-0.25, -0.2) is 17.9 Å². The summed E-state index contributed by atoms with van der Waals surface area (Å²) in [6.45, 7) is 2.08. The van der Waals surface area contributed by atoms with E-state index < -0.39 is 15.8 Å². The summed E-state index contributed by atoms with van der Waals surface area (Å²) in [5.74, 6) is 0.124. The maximum absolute atomic E-state index is 12.9. The summed E-state index contributed by atoms with van der Waals surface area (Å²) in [6.07, 6.45) is 2.19. The van der Waals surface area contributed by atoms with Gasteiger partial charge in [-0.05, 0) is 61.8 Å². The van der Waals surface area contributed by atoms with Crippen molar-refractivity contribution in [2.45, 2.75) is 23.8 Å². The van der Waals surface area contributed by atoms with Gasteiger partial charge in [0.1, 0.15) is 5.75 Å². The van der Waals surface area contributed by atoms with E-state index in [1.54, 1.807) is 7.11 Å². The van der Waals surface area contributed by atoms with Crippen molar-refractivity contribution in [1.82, 2.24) is 14.6 Å². The third kappa shape index (κ3) is 4.21. The van der Waals surface area contributed by atoms with Crippen molar-refractivity contribution >= 4 is 21.1 Å². The number of nitrogens with zero attached hydrogens (tertiary/aromatic N) is 1. The molecule has 1 saturated heterocycles. The van der Waals surface area contributed by atoms with E-state index >= 15 is 0 Å². The van der Waals surface area contributed by atoms with E-state index in [-0.39, 0.29) is 17.5 Å². The topological polar surface area (TPSA) is 105 Å². The van der Waals surface area contributed by atoms with E-state index in [4.69, 9.17) is 9.15 Å². The number of likely N-dealkylation sites (tertiary alicyclic amines) is 1. The Balaban J connectivity index is 1.58. The summed E-state index contributed by atoms with van der Waals surface area (Å²) >= 11 is 0. The normalized spacial score (nSPS) is 16.3. The number of sulfonamides is 1. The highest BCUT2D eigenvalue weighted by atomic mass is 32.2. The highest BCUT2D eigenvalue weighted by molar-refractivity contribution is 7.89. The number of hydrogen-bond donors (Lipinski definition) is 2. The van der Waals surface area contributed by atoms with Crippen LogP contribution < -0.4 is 15.2 Å². The Hall–Kier alpha value is -2.62. The maximum atomic E-state index is 12.9. The SMILES string of the molecule is COc1cccc([C@@H](CNS(=O)(=O)c2ccc3oc(=O)[nH]c3c2)N2CCCC2)c1. The number of ether oxygens (including phenoxy) is 1. The zero-order valence-electron chi connectivity index (χ0n) is 16.1. The summed E-state index contributed by atoms with van der Waals surface area (Å²) in [5, 5.41) is 0. The van der Waals surface area contributed by atoms with E-state index in [0.717, 1.165) is 37.2 Å². The van der Waals surface area contributed by atoms with Crippen LogP contribution in [0.5, 0.6) is 5.75 Å². The van der Waals surface area contributed by atoms with Gasteiger partial charge < -0.3 is 9.15 Å². The van der Waals surface area contributed by atoms with Gasteiger partial charge in [-0.15, -0.1) is 0 Å². The molecule has 0 unspecified atom stereocenters. The van der Waals surface area contributed by atoms with Gasteiger partial charge in [0, 0.05) is 12.6 Å². The highest BCUT2D eigenvalue weighted by Crippen LogP contribution is 2.27. The number of fused-ring (bicyclic) bond motifs is 1. The summed E-state index contributed by atoms with van der Waals surface area (Å²) in [6, 6.07) is 11.9. The van der Waals surface area contributed by atoms with E-state index in [1.807, 2.05) is 24.3 Å². The lowest BCUT2D eigenvalue weighted by Gasteiger charge is -2.28. The molecule has 1 atom stereocenters. The second-order valence-electron chi connectivity index (χ2n) is 7.06. The molecule has 154 valence electrons. The fourth-order valence-electron chi connectivity index (χ4n) is 3.73. The van der Waals surface area contributed by atoms with E-state index in [1.165, 1.54) is 18.2 Å². The molecule has 1 aliphatic heterocycles. The lowest BCUT2D eigenvalue weighted by molar-refractivity contribution is 0.246. The van der Waals surface area contributed by atoms with Crippen LogP contribution in [0.4, 0.5) is 0 Å². The van der Waals surface area contributed by atoms with Gasteiger partial charge in [0.15, 0.2) is 5.58 Å². The molecular weight excluding hydrogens is 394 g/mol. The molecule has 1 fully saturated rings. The Bertz CT molecular complexity index is 1160. The Morgan fingerprint density at radius 2 is 2.00 bits per heavy atom. The molecule has 9 heteroatoms. The van der Waals surface area contributed by atoms with Crippen LogP contribution in [-0.4, -0.2) is 45.0 Å². The largest absolute Gasteiger partial charge is 0.497 e. The monoisotopic (exact) mass is 417 g/mol. The average Bonchev–Trinajstić information content (AvgIpc) is 3.36. The van der Waals surface area contributed by atoms with Crippen molar-refractivity contribution in [1.29, 1.82) is 0 Å². The van der Waals surface area contributed by atoms with Crippen LogP contribution in [-0.2, 0) is 10.0 Å². The number of oxazole rings is 1. The number of rotatable bonds is 7. The summed E-state index contributed by atoms with van der Waals surface area (Å²) in [4.78, 5) is 16.2. The Morgan fingerprint density at radius 3 is 2.76 bits per heavy atom. The van der Waals surface area contributed by atoms with Crippen LogP contribution in [0.1, 0.15) is 24.4 Å². The molecule has 0 amide bonds. The molecule has 0 aliphatic carbocycles. The predicted molar refractivity (Wildman–Crippen MR) is 109 cm³/mol. The van der Waals surface area contributed by atoms with Gasteiger partial charge in [-0.2, -0.15) is 0 Å². The number of methoxy groups -OCH3 is 1. The molecule has 0 spiro atoms. The smallest absolute Gasteiger partial charge is 0.417 e. The summed E-state index contributed by atoms with van der Waals surface area (Å²) < 4.78 is 38.8. The van der Waals surface area contributed by atoms with E-state index in [9.17, 15) is 13.2 Å². The molecule has 1 aromatic heterocycles. The van der Waals surface area contributed by atoms with Crippen LogP contribution in [0.25, 0.3) is 11.1 Å². The number of aromatic amines is 1. The second-order valence-corrected chi connectivity index (χ2v) is 8.83. The van der Waals surface area contributed by atoms with Gasteiger partial charge >= 0.3 is 5.76 Å². The quantitative estimate of drug-likeness (QED) is 0.611. The average molecular weight is 417 g/mol. The molecular formula is C20H23N3O5S. The number of aromatic nitrogens is 1. The molecule has 8 nitrogen and oxygen atoms in total. The van der Waals surface area contributed by atoms with Crippen molar-refractivity contribution < 1.29 is 17.6 Å². The minimum Gasteiger partial charge on any atom is -0.497 e. The Labute approximate surface area is 168 Å². The van der Waals surface area contributed by atoms with Crippen molar-refractivity contribution in [2.24, 2.45) is 0 Å². The fraction of sp³-hybridized carbons (Fsp3) is 0.350. The first-order valence-electron chi connectivity index (χ1n) is 9.47. The first kappa shape index (κ1) is 19.7. The number of benzene rings is 2. The van der Waals surface area contributed by atoms with Crippen LogP contribution in [0.3, 0.4) is 0 Å². The number of H-pyrrole nitrogens is 1. The number of nitrogens with one attached hydrogen (secondary N) is 2. The van der Waals surface area contributed by atoms with E-state index in [2.05, 4.69) is 14.6 Å². The maximum Gasteiger partial charge on any atom is 0.417 e. The molecule has 3 aromatic rings. The van der Waals surface area contributed by atoms with Crippen molar-refractivity contribution in [3.05, 3.63) is 58.6 Å². The lowest BCUT2D eigenvalue weighted by Crippen LogP contribution is -2.36. The number of hydrogen-bond acceptors (Lipinski definition) is 6. The van der Waals surface area contributed by atoms with Gasteiger partial charge in [0.05, 0.1) is 17.5 Å². The van der Waals surface area contributed by atoms with Gasteiger partial charge in [-0.3, -0.25) is 9.88 Å². The Kier molecular flexibility index (Phi) is 5.44. The van der Waals surface area contributed by atoms with Crippen molar-refractivity contribution in [3.8, 4) is 5.75 Å². The zero-order chi connectivity index (χ0) is 20.4. The molecule has 29 heavy (non-hydrogen) atoms. The molecule has 0 radical (unpaired) electrons. The molecule has 2 aromatic carbocycles. The predicted octanol–water partition coefficient (Wildman–Crippen LogP) is 2.25. The van der Waals surface area contributed by atoms with Crippen molar-refractivity contribution in [2.75, 3.05) is 26.7 Å². The highest BCUT2D eigenvalue weighted by Gasteiger charge is 2.26. The summed E-state index contributed by atoms with van der Waals surface area (Å²) in [7, 11) is -2.15. The third-order valence-corrected chi connectivity index (χ3v) is 6.65. The molecule has 4 rings (SSSR count). The minimum absolute atomic E-state index is 0.0767. The molecule has 1 aliphatic rings. The second kappa shape index (κ2) is 8.02. The zero-order valence-corrected chi connectivity index (χ0v) is 16.9. The van der Waals surface area contributed by atoms with Crippen LogP contribution in [0.15, 0.2) is 56.6 Å². The lowest BCUT2D eigenvalue weighted by atomic mass is 10.1. The molecule has 2 N–H and O–H groups in total. The minimum atomic E-state index is -3.76. The first-order chi connectivity index (χ1) is 14.0. The Morgan fingerprint density at radius 1 is 1.21 bits per heavy atom. The third-order valence-electron chi connectivity index (χ3n) is 5.23. The molecule has 0 bridgehead atoms. The van der Waals surface area contributed by atoms with E-state index in [0.29, 0.717) is 11.1 Å². The summed E-state index contributed by atoms with van der Waals surface area (Å²) in [5.41, 5.74) is 1.67. The molecule has 2 heterocycles. The van der Waals surface area contributed by atoms with Crippen LogP contribution >= 0.6 is 0 Å². The van der Waals surface area contributed by atoms with Crippen molar-refractivity contribution in [3.63, 3.8) is 0 Å². The van der Waals surface area contributed by atoms with Gasteiger partial charge in [0.25, 0.3) is 0 Å². The first-order valence-corrected chi connectivity index (χ1v) is 11.0. The van der Waals surface area contributed by atoms with Gasteiger partial charge in [0.2, 0.25) is 10.0 Å². The van der Waals surface area contributed by atoms with Crippen LogP contribution in [0, 0.1) is 0 Å². The molecule has 0 saturated carbocycles. The van der Waals surface area contributed by atoms with Crippen LogP contribution in [0.2, 0.25) is 0 Å². The fourth-order valence-corrected chi connectivity index (χ4v) is 4.79.